The van der Waals surface area contributed by atoms with Crippen molar-refractivity contribution in [3.8, 4) is 18.1 Å². The number of hydrogen-bond acceptors (Lipinski definition) is 2. The summed E-state index contributed by atoms with van der Waals surface area (Å²) in [4.78, 5) is 11.2. The average molecular weight is 206 g/mol. The molecule has 0 N–H and O–H groups in total. The van der Waals surface area contributed by atoms with Gasteiger partial charge in [-0.1, -0.05) is 12.0 Å². The third-order valence-corrected chi connectivity index (χ3v) is 1.87. The molecule has 0 fully saturated rings. The molecular weight excluding hydrogens is 195 g/mol. The zero-order valence-corrected chi connectivity index (χ0v) is 8.58. The summed E-state index contributed by atoms with van der Waals surface area (Å²) < 4.78 is 18.5. The normalized spacial score (nSPS) is 11.6. The number of carbonyl (C=O) groups is 1. The monoisotopic (exact) mass is 206 g/mol. The molecule has 0 radical (unpaired) electrons. The van der Waals surface area contributed by atoms with E-state index in [1.807, 2.05) is 0 Å². The number of Topliss-reactive ketones (excluding diaryl/α,β-unsaturated/α-hetero) is 1. The van der Waals surface area contributed by atoms with Crippen LogP contribution in [0.2, 0.25) is 0 Å². The highest BCUT2D eigenvalue weighted by atomic mass is 19.1. The lowest BCUT2D eigenvalue weighted by molar-refractivity contribution is 0.100. The van der Waals surface area contributed by atoms with Crippen LogP contribution < -0.4 is 4.74 Å². The Morgan fingerprint density at radius 2 is 2.27 bits per heavy atom. The summed E-state index contributed by atoms with van der Waals surface area (Å²) >= 11 is 0. The van der Waals surface area contributed by atoms with E-state index in [-0.39, 0.29) is 17.1 Å². The number of benzene rings is 1. The van der Waals surface area contributed by atoms with Gasteiger partial charge in [-0.05, 0) is 26.0 Å². The molecule has 15 heavy (non-hydrogen) atoms. The minimum absolute atomic E-state index is 0.0559. The third-order valence-electron chi connectivity index (χ3n) is 1.87. The SMILES string of the molecule is C#CC(C)Oc1cccc(F)c1C(C)=O. The highest BCUT2D eigenvalue weighted by Crippen LogP contribution is 2.22. The van der Waals surface area contributed by atoms with E-state index >= 15 is 0 Å². The Kier molecular flexibility index (Phi) is 3.46. The molecule has 1 aromatic rings. The van der Waals surface area contributed by atoms with Gasteiger partial charge in [0, 0.05) is 0 Å². The highest BCUT2D eigenvalue weighted by molar-refractivity contribution is 5.97. The van der Waals surface area contributed by atoms with Crippen molar-refractivity contribution in [2.75, 3.05) is 0 Å². The van der Waals surface area contributed by atoms with Crippen LogP contribution in [-0.4, -0.2) is 11.9 Å². The lowest BCUT2D eigenvalue weighted by atomic mass is 10.1. The van der Waals surface area contributed by atoms with E-state index in [4.69, 9.17) is 11.2 Å². The van der Waals surface area contributed by atoms with Crippen molar-refractivity contribution in [3.63, 3.8) is 0 Å². The first-order chi connectivity index (χ1) is 7.06. The van der Waals surface area contributed by atoms with Crippen molar-refractivity contribution in [1.82, 2.24) is 0 Å². The molecule has 0 heterocycles. The standard InChI is InChI=1S/C12H11FO2/c1-4-8(2)15-11-7-5-6-10(13)12(11)9(3)14/h1,5-8H,2-3H3. The molecule has 2 nitrogen and oxygen atoms in total. The third kappa shape index (κ3) is 2.57. The maximum Gasteiger partial charge on any atom is 0.166 e. The van der Waals surface area contributed by atoms with Crippen LogP contribution >= 0.6 is 0 Å². The summed E-state index contributed by atoms with van der Waals surface area (Å²) in [6.45, 7) is 2.93. The Hall–Kier alpha value is -1.82. The van der Waals surface area contributed by atoms with Crippen molar-refractivity contribution in [2.45, 2.75) is 20.0 Å². The maximum absolute atomic E-state index is 13.3. The van der Waals surface area contributed by atoms with Gasteiger partial charge in [-0.2, -0.15) is 0 Å². The van der Waals surface area contributed by atoms with Gasteiger partial charge in [0.05, 0.1) is 5.56 Å². The molecule has 1 rings (SSSR count). The number of halogens is 1. The molecule has 1 aromatic carbocycles. The van der Waals surface area contributed by atoms with Crippen LogP contribution in [0.1, 0.15) is 24.2 Å². The first-order valence-corrected chi connectivity index (χ1v) is 4.48. The van der Waals surface area contributed by atoms with Gasteiger partial charge in [0.2, 0.25) is 0 Å². The zero-order valence-electron chi connectivity index (χ0n) is 8.58. The van der Waals surface area contributed by atoms with Gasteiger partial charge in [-0.25, -0.2) is 4.39 Å². The molecule has 0 saturated carbocycles. The van der Waals surface area contributed by atoms with E-state index in [2.05, 4.69) is 5.92 Å². The summed E-state index contributed by atoms with van der Waals surface area (Å²) in [5.74, 6) is 1.56. The Morgan fingerprint density at radius 3 is 2.80 bits per heavy atom. The van der Waals surface area contributed by atoms with Crippen LogP contribution in [0, 0.1) is 18.2 Å². The van der Waals surface area contributed by atoms with Crippen LogP contribution in [0.5, 0.6) is 5.75 Å². The van der Waals surface area contributed by atoms with Crippen LogP contribution in [0.15, 0.2) is 18.2 Å². The van der Waals surface area contributed by atoms with Crippen LogP contribution in [0.3, 0.4) is 0 Å². The minimum atomic E-state index is -0.593. The number of terminal acetylenes is 1. The maximum atomic E-state index is 13.3. The number of carbonyl (C=O) groups excluding carboxylic acids is 1. The number of hydrogen-bond donors (Lipinski definition) is 0. The summed E-state index contributed by atoms with van der Waals surface area (Å²) in [5, 5.41) is 0. The Labute approximate surface area is 88.1 Å². The zero-order chi connectivity index (χ0) is 11.4. The van der Waals surface area contributed by atoms with Gasteiger partial charge in [0.1, 0.15) is 11.6 Å². The molecule has 0 amide bonds. The van der Waals surface area contributed by atoms with Gasteiger partial charge in [-0.15, -0.1) is 6.42 Å². The largest absolute Gasteiger partial charge is 0.477 e. The van der Waals surface area contributed by atoms with Crippen molar-refractivity contribution in [1.29, 1.82) is 0 Å². The number of ketones is 1. The van der Waals surface area contributed by atoms with Crippen LogP contribution in [0.4, 0.5) is 4.39 Å². The van der Waals surface area contributed by atoms with E-state index in [9.17, 15) is 9.18 Å². The molecule has 0 aromatic heterocycles. The fourth-order valence-corrected chi connectivity index (χ4v) is 1.17. The molecule has 78 valence electrons. The summed E-state index contributed by atoms with van der Waals surface area (Å²) in [5.41, 5.74) is -0.0559. The minimum Gasteiger partial charge on any atom is -0.477 e. The Morgan fingerprint density at radius 1 is 1.60 bits per heavy atom. The van der Waals surface area contributed by atoms with Gasteiger partial charge in [-0.3, -0.25) is 4.79 Å². The molecule has 3 heteroatoms. The smallest absolute Gasteiger partial charge is 0.166 e. The summed E-state index contributed by atoms with van der Waals surface area (Å²) in [6.07, 6.45) is 4.63. The first-order valence-electron chi connectivity index (χ1n) is 4.48. The van der Waals surface area contributed by atoms with E-state index < -0.39 is 11.9 Å². The first kappa shape index (κ1) is 11.3. The predicted octanol–water partition coefficient (Wildman–Crippen LogP) is 2.43. The molecule has 0 spiro atoms. The number of ether oxygens (including phenoxy) is 1. The second-order valence-electron chi connectivity index (χ2n) is 3.10. The van der Waals surface area contributed by atoms with Crippen molar-refractivity contribution < 1.29 is 13.9 Å². The predicted molar refractivity (Wildman–Crippen MR) is 55.3 cm³/mol. The topological polar surface area (TPSA) is 26.3 Å². The van der Waals surface area contributed by atoms with Gasteiger partial charge in [0.25, 0.3) is 0 Å². The lowest BCUT2D eigenvalue weighted by Gasteiger charge is -2.12. The van der Waals surface area contributed by atoms with E-state index in [1.165, 1.54) is 25.1 Å². The molecule has 1 unspecified atom stereocenters. The molecule has 0 aliphatic heterocycles. The summed E-state index contributed by atoms with van der Waals surface area (Å²) in [6, 6.07) is 4.21. The molecule has 0 saturated heterocycles. The fourth-order valence-electron chi connectivity index (χ4n) is 1.17. The van der Waals surface area contributed by atoms with Crippen molar-refractivity contribution >= 4 is 5.78 Å². The lowest BCUT2D eigenvalue weighted by Crippen LogP contribution is -2.11. The summed E-state index contributed by atoms with van der Waals surface area (Å²) in [7, 11) is 0. The molecule has 0 aliphatic carbocycles. The van der Waals surface area contributed by atoms with Gasteiger partial charge >= 0.3 is 0 Å². The molecule has 1 atom stereocenters. The van der Waals surface area contributed by atoms with Crippen LogP contribution in [-0.2, 0) is 0 Å². The quantitative estimate of drug-likeness (QED) is 0.560. The van der Waals surface area contributed by atoms with E-state index in [1.54, 1.807) is 6.92 Å². The molecule has 0 aliphatic rings. The van der Waals surface area contributed by atoms with Gasteiger partial charge in [0.15, 0.2) is 11.9 Å². The van der Waals surface area contributed by atoms with E-state index in [0.29, 0.717) is 0 Å². The Balaban J connectivity index is 3.13. The second kappa shape index (κ2) is 4.61. The van der Waals surface area contributed by atoms with E-state index in [0.717, 1.165) is 0 Å². The van der Waals surface area contributed by atoms with Crippen LogP contribution in [0.25, 0.3) is 0 Å². The second-order valence-corrected chi connectivity index (χ2v) is 3.10. The molecular formula is C12H11FO2. The fraction of sp³-hybridized carbons (Fsp3) is 0.250. The van der Waals surface area contributed by atoms with Crippen molar-refractivity contribution in [2.24, 2.45) is 0 Å². The van der Waals surface area contributed by atoms with Crippen molar-refractivity contribution in [3.05, 3.63) is 29.6 Å². The number of rotatable bonds is 3. The highest BCUT2D eigenvalue weighted by Gasteiger charge is 2.15. The Bertz CT molecular complexity index is 418. The average Bonchev–Trinajstić information content (AvgIpc) is 2.17. The molecule has 0 bridgehead atoms. The van der Waals surface area contributed by atoms with Gasteiger partial charge < -0.3 is 4.74 Å².